The van der Waals surface area contributed by atoms with Crippen LogP contribution < -0.4 is 5.32 Å². The molecule has 1 aliphatic heterocycles. The normalized spacial score (nSPS) is 27.5. The van der Waals surface area contributed by atoms with E-state index in [1.54, 1.807) is 0 Å². The first-order valence-electron chi connectivity index (χ1n) is 6.68. The fourth-order valence-corrected chi connectivity index (χ4v) is 3.22. The van der Waals surface area contributed by atoms with Crippen LogP contribution in [0.3, 0.4) is 0 Å². The van der Waals surface area contributed by atoms with Crippen molar-refractivity contribution in [3.63, 3.8) is 0 Å². The molecule has 2 aliphatic rings. The van der Waals surface area contributed by atoms with Gasteiger partial charge in [0.2, 0.25) is 0 Å². The summed E-state index contributed by atoms with van der Waals surface area (Å²) in [6.45, 7) is 5.86. The third kappa shape index (κ3) is 2.59. The second-order valence-electron chi connectivity index (χ2n) is 5.50. The first-order valence-corrected chi connectivity index (χ1v) is 6.68. The van der Waals surface area contributed by atoms with Crippen LogP contribution in [-0.2, 0) is 0 Å². The van der Waals surface area contributed by atoms with Crippen LogP contribution in [0, 0.1) is 12.3 Å². The monoisotopic (exact) mass is 220 g/mol. The summed E-state index contributed by atoms with van der Waals surface area (Å²) in [5, 5.41) is 3.79. The zero-order valence-corrected chi connectivity index (χ0v) is 10.5. The average molecular weight is 220 g/mol. The van der Waals surface area contributed by atoms with Crippen LogP contribution in [0.1, 0.15) is 45.4 Å². The van der Waals surface area contributed by atoms with E-state index in [9.17, 15) is 0 Å². The highest BCUT2D eigenvalue weighted by atomic mass is 15.2. The Labute approximate surface area is 99.8 Å². The molecule has 0 aromatic heterocycles. The maximum atomic E-state index is 5.43. The lowest BCUT2D eigenvalue weighted by molar-refractivity contribution is 0.167. The van der Waals surface area contributed by atoms with E-state index in [1.807, 2.05) is 0 Å². The quantitative estimate of drug-likeness (QED) is 0.716. The summed E-state index contributed by atoms with van der Waals surface area (Å²) in [6.07, 6.45) is 13.1. The number of nitrogens with zero attached hydrogens (tertiary/aromatic N) is 1. The summed E-state index contributed by atoms with van der Waals surface area (Å²) >= 11 is 0. The van der Waals surface area contributed by atoms with E-state index in [0.29, 0.717) is 11.6 Å². The fraction of sp³-hybridized carbons (Fsp3) is 0.857. The molecule has 0 radical (unpaired) electrons. The molecule has 2 heteroatoms. The smallest absolute Gasteiger partial charge is 0.0308 e. The van der Waals surface area contributed by atoms with Gasteiger partial charge in [0.05, 0.1) is 0 Å². The van der Waals surface area contributed by atoms with Gasteiger partial charge in [-0.15, -0.1) is 12.3 Å². The number of rotatable bonds is 2. The summed E-state index contributed by atoms with van der Waals surface area (Å²) in [5.74, 6) is 2.80. The lowest BCUT2D eigenvalue weighted by atomic mass is 9.96. The molecule has 0 amide bonds. The predicted molar refractivity (Wildman–Crippen MR) is 68.3 cm³/mol. The van der Waals surface area contributed by atoms with E-state index < -0.39 is 0 Å². The minimum absolute atomic E-state index is 0.416. The second kappa shape index (κ2) is 5.21. The lowest BCUT2D eigenvalue weighted by Crippen LogP contribution is -2.51. The number of nitrogens with one attached hydrogen (secondary N) is 1. The van der Waals surface area contributed by atoms with Crippen molar-refractivity contribution in [3.8, 4) is 12.3 Å². The summed E-state index contributed by atoms with van der Waals surface area (Å²) in [4.78, 5) is 2.60. The van der Waals surface area contributed by atoms with Crippen molar-refractivity contribution in [2.24, 2.45) is 0 Å². The molecule has 2 nitrogen and oxygen atoms in total. The Bertz CT molecular complexity index is 260. The highest BCUT2D eigenvalue weighted by Crippen LogP contribution is 2.32. The Morgan fingerprint density at radius 2 is 2.12 bits per heavy atom. The first kappa shape index (κ1) is 12.0. The lowest BCUT2D eigenvalue weighted by Gasteiger charge is -2.35. The van der Waals surface area contributed by atoms with E-state index in [2.05, 4.69) is 23.1 Å². The molecule has 1 spiro atoms. The zero-order valence-electron chi connectivity index (χ0n) is 10.5. The van der Waals surface area contributed by atoms with Crippen LogP contribution >= 0.6 is 0 Å². The molecule has 16 heavy (non-hydrogen) atoms. The highest BCUT2D eigenvalue weighted by molar-refractivity contribution is 4.99. The number of terminal acetylenes is 1. The van der Waals surface area contributed by atoms with Gasteiger partial charge in [0.1, 0.15) is 0 Å². The molecule has 0 aromatic rings. The molecule has 1 heterocycles. The van der Waals surface area contributed by atoms with Crippen LogP contribution in [0.15, 0.2) is 0 Å². The Morgan fingerprint density at radius 1 is 1.38 bits per heavy atom. The number of hydrogen-bond donors (Lipinski definition) is 1. The minimum atomic E-state index is 0.416. The Hall–Kier alpha value is -0.520. The van der Waals surface area contributed by atoms with Crippen LogP contribution in [0.5, 0.6) is 0 Å². The van der Waals surface area contributed by atoms with Gasteiger partial charge in [0.25, 0.3) is 0 Å². The Balaban J connectivity index is 2.00. The predicted octanol–water partition coefficient (Wildman–Crippen LogP) is 2.01. The SMILES string of the molecule is C#CCC(C)N1CCCNC2(CCCC2)C1. The molecule has 1 saturated carbocycles. The topological polar surface area (TPSA) is 15.3 Å². The van der Waals surface area contributed by atoms with Gasteiger partial charge in [-0.05, 0) is 39.3 Å². The third-order valence-corrected chi connectivity index (χ3v) is 4.23. The van der Waals surface area contributed by atoms with E-state index in [0.717, 1.165) is 6.42 Å². The molecule has 1 N–H and O–H groups in total. The Morgan fingerprint density at radius 3 is 2.81 bits per heavy atom. The molecule has 0 bridgehead atoms. The summed E-state index contributed by atoms with van der Waals surface area (Å²) < 4.78 is 0. The van der Waals surface area contributed by atoms with E-state index in [1.165, 1.54) is 51.7 Å². The van der Waals surface area contributed by atoms with Crippen molar-refractivity contribution >= 4 is 0 Å². The molecule has 0 aromatic carbocycles. The van der Waals surface area contributed by atoms with Crippen molar-refractivity contribution in [3.05, 3.63) is 0 Å². The standard InChI is InChI=1S/C14H24N2/c1-3-7-13(2)16-11-6-10-15-14(12-16)8-4-5-9-14/h1,13,15H,4-12H2,2H3. The fourth-order valence-electron chi connectivity index (χ4n) is 3.22. The largest absolute Gasteiger partial charge is 0.310 e. The van der Waals surface area contributed by atoms with E-state index in [-0.39, 0.29) is 0 Å². The molecule has 2 rings (SSSR count). The molecular weight excluding hydrogens is 196 g/mol. The molecule has 1 unspecified atom stereocenters. The van der Waals surface area contributed by atoms with Gasteiger partial charge in [0, 0.05) is 24.5 Å². The molecule has 2 fully saturated rings. The number of hydrogen-bond acceptors (Lipinski definition) is 2. The molecule has 1 aliphatic carbocycles. The molecular formula is C14H24N2. The minimum Gasteiger partial charge on any atom is -0.310 e. The molecule has 1 atom stereocenters. The third-order valence-electron chi connectivity index (χ3n) is 4.23. The van der Waals surface area contributed by atoms with Crippen molar-refractivity contribution in [2.75, 3.05) is 19.6 Å². The second-order valence-corrected chi connectivity index (χ2v) is 5.50. The van der Waals surface area contributed by atoms with Gasteiger partial charge < -0.3 is 5.32 Å². The first-order chi connectivity index (χ1) is 7.76. The van der Waals surface area contributed by atoms with Crippen LogP contribution in [0.25, 0.3) is 0 Å². The van der Waals surface area contributed by atoms with E-state index in [4.69, 9.17) is 6.42 Å². The molecule has 90 valence electrons. The average Bonchev–Trinajstić information content (AvgIpc) is 2.60. The van der Waals surface area contributed by atoms with Crippen molar-refractivity contribution in [2.45, 2.75) is 57.0 Å². The zero-order chi connectivity index (χ0) is 11.4. The van der Waals surface area contributed by atoms with E-state index >= 15 is 0 Å². The molecule has 1 saturated heterocycles. The Kier molecular flexibility index (Phi) is 3.89. The van der Waals surface area contributed by atoms with Crippen LogP contribution in [0.2, 0.25) is 0 Å². The maximum Gasteiger partial charge on any atom is 0.0308 e. The summed E-state index contributed by atoms with van der Waals surface area (Å²) in [5.41, 5.74) is 0.416. The van der Waals surface area contributed by atoms with Gasteiger partial charge in [-0.2, -0.15) is 0 Å². The summed E-state index contributed by atoms with van der Waals surface area (Å²) in [6, 6.07) is 0.544. The highest BCUT2D eigenvalue weighted by Gasteiger charge is 2.37. The van der Waals surface area contributed by atoms with Crippen molar-refractivity contribution < 1.29 is 0 Å². The van der Waals surface area contributed by atoms with Gasteiger partial charge in [-0.25, -0.2) is 0 Å². The van der Waals surface area contributed by atoms with Gasteiger partial charge in [-0.3, -0.25) is 4.90 Å². The van der Waals surface area contributed by atoms with Gasteiger partial charge >= 0.3 is 0 Å². The van der Waals surface area contributed by atoms with Crippen molar-refractivity contribution in [1.82, 2.24) is 10.2 Å². The van der Waals surface area contributed by atoms with Gasteiger partial charge in [-0.1, -0.05) is 12.8 Å². The van der Waals surface area contributed by atoms with Crippen LogP contribution in [-0.4, -0.2) is 36.1 Å². The maximum absolute atomic E-state index is 5.43. The van der Waals surface area contributed by atoms with Crippen LogP contribution in [0.4, 0.5) is 0 Å². The van der Waals surface area contributed by atoms with Gasteiger partial charge in [0.15, 0.2) is 0 Å². The van der Waals surface area contributed by atoms with Crippen molar-refractivity contribution in [1.29, 1.82) is 0 Å². The summed E-state index contributed by atoms with van der Waals surface area (Å²) in [7, 11) is 0.